The van der Waals surface area contributed by atoms with E-state index in [1.54, 1.807) is 50.8 Å². The van der Waals surface area contributed by atoms with Crippen LogP contribution in [0.5, 0.6) is 5.75 Å². The molecule has 210 valence electrons. The highest BCUT2D eigenvalue weighted by atomic mass is 16.6. The van der Waals surface area contributed by atoms with Crippen LogP contribution >= 0.6 is 0 Å². The average Bonchev–Trinajstić information content (AvgIpc) is 2.80. The van der Waals surface area contributed by atoms with Gasteiger partial charge in [-0.2, -0.15) is 0 Å². The normalized spacial score (nSPS) is 14.7. The SMILES string of the molecule is CCCCN(C(=O)C(NC(=O)OC(C)(C)C)C(C)CC)C(C(=O)NC(C)CCC)c1ccc(O)c(C)c1. The molecule has 0 aromatic heterocycles. The van der Waals surface area contributed by atoms with Gasteiger partial charge >= 0.3 is 6.09 Å². The van der Waals surface area contributed by atoms with Gasteiger partial charge in [0, 0.05) is 12.6 Å². The van der Waals surface area contributed by atoms with Crippen LogP contribution in [-0.4, -0.2) is 52.1 Å². The minimum atomic E-state index is -0.912. The summed E-state index contributed by atoms with van der Waals surface area (Å²) in [6.07, 6.45) is 3.23. The molecule has 3 N–H and O–H groups in total. The number of carbonyl (C=O) groups excluding carboxylic acids is 3. The van der Waals surface area contributed by atoms with Crippen LogP contribution in [-0.2, 0) is 14.3 Å². The van der Waals surface area contributed by atoms with Gasteiger partial charge in [0.1, 0.15) is 23.4 Å². The molecule has 4 unspecified atom stereocenters. The zero-order valence-electron chi connectivity index (χ0n) is 24.3. The molecule has 3 amide bonds. The molecule has 0 bridgehead atoms. The van der Waals surface area contributed by atoms with Crippen LogP contribution in [0.4, 0.5) is 4.79 Å². The molecule has 0 radical (unpaired) electrons. The molecule has 1 aromatic rings. The van der Waals surface area contributed by atoms with Crippen molar-refractivity contribution in [1.82, 2.24) is 15.5 Å². The molecular formula is C29H49N3O5. The van der Waals surface area contributed by atoms with Crippen LogP contribution in [0.1, 0.15) is 105 Å². The van der Waals surface area contributed by atoms with Gasteiger partial charge in [0.05, 0.1) is 0 Å². The van der Waals surface area contributed by atoms with Crippen molar-refractivity contribution in [2.24, 2.45) is 5.92 Å². The van der Waals surface area contributed by atoms with E-state index in [2.05, 4.69) is 17.6 Å². The van der Waals surface area contributed by atoms with Crippen LogP contribution in [0.2, 0.25) is 0 Å². The fourth-order valence-corrected chi connectivity index (χ4v) is 4.14. The Bertz CT molecular complexity index is 896. The van der Waals surface area contributed by atoms with E-state index >= 15 is 0 Å². The zero-order valence-corrected chi connectivity index (χ0v) is 24.3. The number of phenols is 1. The van der Waals surface area contributed by atoms with Gasteiger partial charge in [-0.15, -0.1) is 0 Å². The summed E-state index contributed by atoms with van der Waals surface area (Å²) in [6, 6.07) is 3.14. The summed E-state index contributed by atoms with van der Waals surface area (Å²) in [5.41, 5.74) is 0.516. The Morgan fingerprint density at radius 1 is 1.05 bits per heavy atom. The zero-order chi connectivity index (χ0) is 28.3. The van der Waals surface area contributed by atoms with E-state index in [1.165, 1.54) is 0 Å². The summed E-state index contributed by atoms with van der Waals surface area (Å²) in [6.45, 7) is 17.3. The minimum absolute atomic E-state index is 0.0633. The number of carbonyl (C=O) groups is 3. The number of benzene rings is 1. The van der Waals surface area contributed by atoms with E-state index < -0.39 is 23.8 Å². The van der Waals surface area contributed by atoms with Crippen LogP contribution in [0.25, 0.3) is 0 Å². The number of nitrogens with zero attached hydrogens (tertiary/aromatic N) is 1. The van der Waals surface area contributed by atoms with E-state index in [0.717, 1.165) is 19.3 Å². The number of unbranched alkanes of at least 4 members (excludes halogenated alkanes) is 1. The second kappa shape index (κ2) is 14.8. The first-order valence-corrected chi connectivity index (χ1v) is 13.6. The van der Waals surface area contributed by atoms with Crippen molar-refractivity contribution in [1.29, 1.82) is 0 Å². The van der Waals surface area contributed by atoms with E-state index in [9.17, 15) is 19.5 Å². The third-order valence-electron chi connectivity index (χ3n) is 6.39. The molecule has 37 heavy (non-hydrogen) atoms. The summed E-state index contributed by atoms with van der Waals surface area (Å²) >= 11 is 0. The van der Waals surface area contributed by atoms with Gasteiger partial charge in [-0.05, 0) is 76.6 Å². The van der Waals surface area contributed by atoms with Crippen molar-refractivity contribution in [2.75, 3.05) is 6.54 Å². The quantitative estimate of drug-likeness (QED) is 0.314. The van der Waals surface area contributed by atoms with E-state index in [0.29, 0.717) is 30.5 Å². The maximum atomic E-state index is 14.2. The van der Waals surface area contributed by atoms with Gasteiger partial charge in [-0.25, -0.2) is 4.79 Å². The molecule has 0 aliphatic carbocycles. The number of amides is 3. The molecule has 0 saturated heterocycles. The largest absolute Gasteiger partial charge is 0.508 e. The Morgan fingerprint density at radius 3 is 2.22 bits per heavy atom. The maximum Gasteiger partial charge on any atom is 0.408 e. The van der Waals surface area contributed by atoms with Gasteiger partial charge in [-0.3, -0.25) is 9.59 Å². The smallest absolute Gasteiger partial charge is 0.408 e. The Hall–Kier alpha value is -2.77. The van der Waals surface area contributed by atoms with Crippen molar-refractivity contribution in [3.05, 3.63) is 29.3 Å². The summed E-state index contributed by atoms with van der Waals surface area (Å²) in [7, 11) is 0. The minimum Gasteiger partial charge on any atom is -0.508 e. The van der Waals surface area contributed by atoms with Crippen LogP contribution < -0.4 is 10.6 Å². The predicted molar refractivity (Wildman–Crippen MR) is 147 cm³/mol. The van der Waals surface area contributed by atoms with E-state index in [4.69, 9.17) is 4.74 Å². The molecule has 8 heteroatoms. The van der Waals surface area contributed by atoms with Crippen LogP contribution in [0.3, 0.4) is 0 Å². The first kappa shape index (κ1) is 32.3. The topological polar surface area (TPSA) is 108 Å². The molecule has 0 heterocycles. The van der Waals surface area contributed by atoms with Crippen LogP contribution in [0, 0.1) is 12.8 Å². The molecule has 4 atom stereocenters. The number of hydrogen-bond acceptors (Lipinski definition) is 5. The lowest BCUT2D eigenvalue weighted by Gasteiger charge is -2.36. The lowest BCUT2D eigenvalue weighted by atomic mass is 9.95. The second-order valence-electron chi connectivity index (χ2n) is 11.0. The van der Waals surface area contributed by atoms with Crippen LogP contribution in [0.15, 0.2) is 18.2 Å². The number of aryl methyl sites for hydroxylation is 1. The third kappa shape index (κ3) is 10.3. The Morgan fingerprint density at radius 2 is 1.70 bits per heavy atom. The summed E-state index contributed by atoms with van der Waals surface area (Å²) in [5, 5.41) is 16.0. The monoisotopic (exact) mass is 519 g/mol. The van der Waals surface area contributed by atoms with Gasteiger partial charge in [0.15, 0.2) is 0 Å². The van der Waals surface area contributed by atoms with Crippen molar-refractivity contribution >= 4 is 17.9 Å². The van der Waals surface area contributed by atoms with E-state index in [-0.39, 0.29) is 29.5 Å². The van der Waals surface area contributed by atoms with Gasteiger partial charge < -0.3 is 25.4 Å². The number of rotatable bonds is 13. The van der Waals surface area contributed by atoms with Crippen molar-refractivity contribution in [3.8, 4) is 5.75 Å². The highest BCUT2D eigenvalue weighted by molar-refractivity contribution is 5.92. The van der Waals surface area contributed by atoms with Crippen molar-refractivity contribution in [2.45, 2.75) is 118 Å². The molecule has 0 saturated carbocycles. The number of phenolic OH excluding ortho intramolecular Hbond substituents is 1. The molecule has 0 aliphatic rings. The average molecular weight is 520 g/mol. The third-order valence-corrected chi connectivity index (χ3v) is 6.39. The molecular weight excluding hydrogens is 470 g/mol. The molecule has 1 aromatic carbocycles. The lowest BCUT2D eigenvalue weighted by molar-refractivity contribution is -0.143. The van der Waals surface area contributed by atoms with Crippen molar-refractivity contribution in [3.63, 3.8) is 0 Å². The molecule has 0 aliphatic heterocycles. The number of nitrogens with one attached hydrogen (secondary N) is 2. The van der Waals surface area contributed by atoms with E-state index in [1.807, 2.05) is 27.7 Å². The number of aromatic hydroxyl groups is 1. The first-order chi connectivity index (χ1) is 17.2. The highest BCUT2D eigenvalue weighted by Gasteiger charge is 2.38. The fraction of sp³-hybridized carbons (Fsp3) is 0.690. The summed E-state index contributed by atoms with van der Waals surface area (Å²) < 4.78 is 5.45. The lowest BCUT2D eigenvalue weighted by Crippen LogP contribution is -2.55. The fourth-order valence-electron chi connectivity index (χ4n) is 4.14. The molecule has 1 rings (SSSR count). The number of alkyl carbamates (subject to hydrolysis) is 1. The summed E-state index contributed by atoms with van der Waals surface area (Å²) in [5.74, 6) is -0.676. The predicted octanol–water partition coefficient (Wildman–Crippen LogP) is 5.61. The first-order valence-electron chi connectivity index (χ1n) is 13.6. The Balaban J connectivity index is 3.55. The highest BCUT2D eigenvalue weighted by Crippen LogP contribution is 2.28. The molecule has 0 fully saturated rings. The maximum absolute atomic E-state index is 14.2. The van der Waals surface area contributed by atoms with Gasteiger partial charge in [0.2, 0.25) is 11.8 Å². The molecule has 0 spiro atoms. The molecule has 8 nitrogen and oxygen atoms in total. The number of hydrogen-bond donors (Lipinski definition) is 3. The van der Waals surface area contributed by atoms with Gasteiger partial charge in [-0.1, -0.05) is 53.0 Å². The van der Waals surface area contributed by atoms with Gasteiger partial charge in [0.25, 0.3) is 0 Å². The number of ether oxygens (including phenoxy) is 1. The second-order valence-corrected chi connectivity index (χ2v) is 11.0. The Kier molecular flexibility index (Phi) is 12.9. The van der Waals surface area contributed by atoms with Crippen molar-refractivity contribution < 1.29 is 24.2 Å². The standard InChI is InChI=1S/C29H49N3O5/c1-10-13-17-32(27(35)24(19(4)12-3)31-28(36)37-29(7,8)9)25(26(34)30-21(6)14-11-2)22-15-16-23(33)20(5)18-22/h15-16,18-19,21,24-25,33H,10-14,17H2,1-9H3,(H,30,34)(H,31,36). The summed E-state index contributed by atoms with van der Waals surface area (Å²) in [4.78, 5) is 42.2. The Labute approximate surface area is 223 Å².